The lowest BCUT2D eigenvalue weighted by atomic mass is 9.94. The van der Waals surface area contributed by atoms with E-state index in [9.17, 15) is 23.3 Å². The Morgan fingerprint density at radius 3 is 2.71 bits per heavy atom. The first-order valence-corrected chi connectivity index (χ1v) is 12.3. The van der Waals surface area contributed by atoms with Crippen molar-refractivity contribution < 1.29 is 22.9 Å². The van der Waals surface area contributed by atoms with Gasteiger partial charge in [-0.25, -0.2) is 13.1 Å². The molecule has 178 valence electrons. The van der Waals surface area contributed by atoms with E-state index in [0.717, 1.165) is 17.7 Å². The normalized spacial score (nSPS) is 15.5. The van der Waals surface area contributed by atoms with Gasteiger partial charge in [0.2, 0.25) is 10.0 Å². The van der Waals surface area contributed by atoms with Gasteiger partial charge in [0.15, 0.2) is 0 Å². The molecule has 0 bridgehead atoms. The Labute approximate surface area is 196 Å². The van der Waals surface area contributed by atoms with E-state index in [4.69, 9.17) is 4.74 Å². The molecular formula is C23H24N4O6S. The molecule has 4 rings (SSSR count). The van der Waals surface area contributed by atoms with Crippen LogP contribution in [0.1, 0.15) is 37.1 Å². The molecule has 3 aromatic rings. The van der Waals surface area contributed by atoms with Crippen molar-refractivity contribution in [1.82, 2.24) is 14.5 Å². The van der Waals surface area contributed by atoms with Gasteiger partial charge in [0, 0.05) is 23.4 Å². The maximum Gasteiger partial charge on any atom is 0.327 e. The predicted molar refractivity (Wildman–Crippen MR) is 123 cm³/mol. The molecular weight excluding hydrogens is 460 g/mol. The van der Waals surface area contributed by atoms with E-state index in [0.29, 0.717) is 24.0 Å². The molecule has 2 aromatic carbocycles. The fraction of sp³-hybridized carbons (Fsp3) is 0.304. The minimum Gasteiger partial charge on any atom is -0.465 e. The third-order valence-electron chi connectivity index (χ3n) is 5.70. The van der Waals surface area contributed by atoms with Gasteiger partial charge in [-0.15, -0.1) is 0 Å². The molecule has 1 unspecified atom stereocenters. The summed E-state index contributed by atoms with van der Waals surface area (Å²) in [7, 11) is -3.83. The molecule has 11 heteroatoms. The van der Waals surface area contributed by atoms with Crippen LogP contribution in [0.4, 0.5) is 5.69 Å². The number of benzene rings is 2. The summed E-state index contributed by atoms with van der Waals surface area (Å²) in [5.74, 6) is -0.389. The molecule has 0 spiro atoms. The number of sulfonamides is 1. The highest BCUT2D eigenvalue weighted by atomic mass is 32.2. The molecule has 34 heavy (non-hydrogen) atoms. The van der Waals surface area contributed by atoms with Crippen LogP contribution in [0.5, 0.6) is 0 Å². The Balaban J connectivity index is 1.52. The molecule has 0 fully saturated rings. The first-order chi connectivity index (χ1) is 16.3. The van der Waals surface area contributed by atoms with E-state index in [1.54, 1.807) is 42.1 Å². The second kappa shape index (κ2) is 9.74. The zero-order valence-electron chi connectivity index (χ0n) is 18.5. The number of hydrogen-bond donors (Lipinski definition) is 1. The van der Waals surface area contributed by atoms with Crippen LogP contribution >= 0.6 is 0 Å². The summed E-state index contributed by atoms with van der Waals surface area (Å²) in [6.45, 7) is 2.00. The molecule has 1 N–H and O–H groups in total. The van der Waals surface area contributed by atoms with Crippen molar-refractivity contribution in [2.45, 2.75) is 43.7 Å². The fourth-order valence-electron chi connectivity index (χ4n) is 4.09. The van der Waals surface area contributed by atoms with E-state index in [-0.39, 0.29) is 29.7 Å². The molecule has 0 saturated carbocycles. The van der Waals surface area contributed by atoms with Crippen LogP contribution in [-0.4, -0.2) is 35.7 Å². The van der Waals surface area contributed by atoms with Crippen molar-refractivity contribution >= 4 is 21.7 Å². The minimum atomic E-state index is -3.83. The zero-order chi connectivity index (χ0) is 24.3. The molecule has 1 atom stereocenters. The molecule has 0 aliphatic heterocycles. The Morgan fingerprint density at radius 1 is 1.24 bits per heavy atom. The van der Waals surface area contributed by atoms with E-state index >= 15 is 0 Å². The molecule has 10 nitrogen and oxygen atoms in total. The SMILES string of the molecule is CCOC(=O)Cn1ncc2c1CCCC2NS(=O)(=O)c1ccc(-c2cccc([N+](=O)[O-])c2)cc1. The number of hydrogen-bond acceptors (Lipinski definition) is 7. The van der Waals surface area contributed by atoms with Crippen LogP contribution in [0, 0.1) is 10.1 Å². The van der Waals surface area contributed by atoms with Gasteiger partial charge in [0.05, 0.1) is 28.7 Å². The quantitative estimate of drug-likeness (QED) is 0.294. The highest BCUT2D eigenvalue weighted by Gasteiger charge is 2.29. The Hall–Kier alpha value is -3.57. The van der Waals surface area contributed by atoms with Crippen LogP contribution in [-0.2, 0) is 32.5 Å². The summed E-state index contributed by atoms with van der Waals surface area (Å²) in [5, 5.41) is 15.3. The van der Waals surface area contributed by atoms with Gasteiger partial charge < -0.3 is 4.74 Å². The third kappa shape index (κ3) is 5.00. The average Bonchev–Trinajstić information content (AvgIpc) is 3.23. The second-order valence-corrected chi connectivity index (χ2v) is 9.62. The summed E-state index contributed by atoms with van der Waals surface area (Å²) >= 11 is 0. The van der Waals surface area contributed by atoms with Gasteiger partial charge in [-0.05, 0) is 49.4 Å². The van der Waals surface area contributed by atoms with Crippen molar-refractivity contribution in [1.29, 1.82) is 0 Å². The number of carbonyl (C=O) groups excluding carboxylic acids is 1. The standard InChI is InChI=1S/C23H24N4O6S/c1-2-33-23(28)15-26-22-8-4-7-21(20(22)14-24-26)25-34(31,32)19-11-9-16(10-12-19)17-5-3-6-18(13-17)27(29)30/h3,5-6,9-14,21,25H,2,4,7-8,15H2,1H3. The lowest BCUT2D eigenvalue weighted by Gasteiger charge is -2.24. The van der Waals surface area contributed by atoms with E-state index in [2.05, 4.69) is 9.82 Å². The number of nitrogens with one attached hydrogen (secondary N) is 1. The third-order valence-corrected chi connectivity index (χ3v) is 7.19. The maximum absolute atomic E-state index is 13.1. The van der Waals surface area contributed by atoms with Gasteiger partial charge in [-0.1, -0.05) is 24.3 Å². The zero-order valence-corrected chi connectivity index (χ0v) is 19.3. The largest absolute Gasteiger partial charge is 0.465 e. The number of esters is 1. The van der Waals surface area contributed by atoms with Gasteiger partial charge in [-0.3, -0.25) is 19.6 Å². The number of rotatable bonds is 8. The van der Waals surface area contributed by atoms with E-state index in [1.807, 2.05) is 0 Å². The van der Waals surface area contributed by atoms with Gasteiger partial charge >= 0.3 is 5.97 Å². The number of nitro groups is 1. The smallest absolute Gasteiger partial charge is 0.327 e. The summed E-state index contributed by atoms with van der Waals surface area (Å²) in [5.41, 5.74) is 2.84. The summed E-state index contributed by atoms with van der Waals surface area (Å²) < 4.78 is 35.5. The van der Waals surface area contributed by atoms with Crippen molar-refractivity contribution in [2.75, 3.05) is 6.61 Å². The minimum absolute atomic E-state index is 0.0121. The lowest BCUT2D eigenvalue weighted by Crippen LogP contribution is -2.31. The van der Waals surface area contributed by atoms with Gasteiger partial charge in [-0.2, -0.15) is 5.10 Å². The number of fused-ring (bicyclic) bond motifs is 1. The monoisotopic (exact) mass is 484 g/mol. The van der Waals surface area contributed by atoms with E-state index in [1.165, 1.54) is 24.3 Å². The lowest BCUT2D eigenvalue weighted by molar-refractivity contribution is -0.384. The van der Waals surface area contributed by atoms with Crippen molar-refractivity contribution in [3.63, 3.8) is 0 Å². The Bertz CT molecular complexity index is 1320. The molecule has 0 amide bonds. The Morgan fingerprint density at radius 2 is 2.00 bits per heavy atom. The number of ether oxygens (including phenoxy) is 1. The predicted octanol–water partition coefficient (Wildman–Crippen LogP) is 3.38. The van der Waals surface area contributed by atoms with E-state index < -0.39 is 21.0 Å². The van der Waals surface area contributed by atoms with Crippen molar-refractivity contribution in [2.24, 2.45) is 0 Å². The first-order valence-electron chi connectivity index (χ1n) is 10.9. The van der Waals surface area contributed by atoms with Crippen LogP contribution in [0.2, 0.25) is 0 Å². The molecule has 1 heterocycles. The molecule has 0 radical (unpaired) electrons. The average molecular weight is 485 g/mol. The molecule has 0 saturated heterocycles. The Kier molecular flexibility index (Phi) is 6.75. The van der Waals surface area contributed by atoms with Crippen molar-refractivity contribution in [3.8, 4) is 11.1 Å². The van der Waals surface area contributed by atoms with Crippen molar-refractivity contribution in [3.05, 3.63) is 76.1 Å². The summed E-state index contributed by atoms with van der Waals surface area (Å²) in [6.07, 6.45) is 3.67. The number of carbonyl (C=O) groups is 1. The van der Waals surface area contributed by atoms with Crippen LogP contribution in [0.15, 0.2) is 59.6 Å². The molecule has 1 aromatic heterocycles. The number of non-ortho nitro benzene ring substituents is 1. The van der Waals surface area contributed by atoms with Crippen LogP contribution < -0.4 is 4.72 Å². The molecule has 1 aliphatic carbocycles. The summed E-state index contributed by atoms with van der Waals surface area (Å²) in [4.78, 5) is 22.5. The van der Waals surface area contributed by atoms with Gasteiger partial charge in [0.25, 0.3) is 5.69 Å². The van der Waals surface area contributed by atoms with Crippen LogP contribution in [0.25, 0.3) is 11.1 Å². The number of aromatic nitrogens is 2. The number of nitrogens with zero attached hydrogens (tertiary/aromatic N) is 3. The second-order valence-electron chi connectivity index (χ2n) is 7.91. The fourth-order valence-corrected chi connectivity index (χ4v) is 5.34. The highest BCUT2D eigenvalue weighted by molar-refractivity contribution is 7.89. The maximum atomic E-state index is 13.1. The number of nitro benzene ring substituents is 1. The van der Waals surface area contributed by atoms with Gasteiger partial charge in [0.1, 0.15) is 6.54 Å². The topological polar surface area (TPSA) is 133 Å². The van der Waals surface area contributed by atoms with Crippen LogP contribution in [0.3, 0.4) is 0 Å². The highest BCUT2D eigenvalue weighted by Crippen LogP contribution is 2.31. The summed E-state index contributed by atoms with van der Waals surface area (Å²) in [6, 6.07) is 11.9. The molecule has 1 aliphatic rings. The first kappa shape index (κ1) is 23.6.